The zero-order valence-electron chi connectivity index (χ0n) is 9.40. The molecule has 17 heavy (non-hydrogen) atoms. The van der Waals surface area contributed by atoms with Crippen LogP contribution in [0.2, 0.25) is 5.02 Å². The number of hydrogen-bond donors (Lipinski definition) is 1. The number of halogens is 2. The second-order valence-corrected chi connectivity index (χ2v) is 5.74. The zero-order chi connectivity index (χ0) is 12.4. The van der Waals surface area contributed by atoms with Crippen molar-refractivity contribution in [1.82, 2.24) is 9.78 Å². The quantitative estimate of drug-likeness (QED) is 0.854. The number of rotatable bonds is 3. The molecule has 0 saturated heterocycles. The SMILES string of the molecule is CC(N)Cc1ccc(Cl)cc1-n1cc(I)cn1. The Balaban J connectivity index is 2.46. The van der Waals surface area contributed by atoms with Gasteiger partial charge < -0.3 is 5.73 Å². The predicted molar refractivity (Wildman–Crippen MR) is 78.6 cm³/mol. The van der Waals surface area contributed by atoms with E-state index in [0.717, 1.165) is 21.2 Å². The Morgan fingerprint density at radius 3 is 2.88 bits per heavy atom. The summed E-state index contributed by atoms with van der Waals surface area (Å²) in [6, 6.07) is 5.93. The van der Waals surface area contributed by atoms with Gasteiger partial charge in [0.2, 0.25) is 0 Å². The summed E-state index contributed by atoms with van der Waals surface area (Å²) in [5, 5.41) is 5.01. The van der Waals surface area contributed by atoms with E-state index in [0.29, 0.717) is 5.02 Å². The van der Waals surface area contributed by atoms with Crippen molar-refractivity contribution >= 4 is 34.2 Å². The van der Waals surface area contributed by atoms with Crippen molar-refractivity contribution in [3.63, 3.8) is 0 Å². The second kappa shape index (κ2) is 5.37. The minimum atomic E-state index is 0.115. The van der Waals surface area contributed by atoms with E-state index >= 15 is 0 Å². The van der Waals surface area contributed by atoms with E-state index in [9.17, 15) is 0 Å². The van der Waals surface area contributed by atoms with Gasteiger partial charge in [-0.3, -0.25) is 0 Å². The first-order chi connectivity index (χ1) is 8.06. The zero-order valence-corrected chi connectivity index (χ0v) is 12.3. The van der Waals surface area contributed by atoms with Gasteiger partial charge in [0, 0.05) is 17.3 Å². The Morgan fingerprint density at radius 1 is 1.53 bits per heavy atom. The normalized spacial score (nSPS) is 12.7. The van der Waals surface area contributed by atoms with Crippen LogP contribution >= 0.6 is 34.2 Å². The molecule has 2 N–H and O–H groups in total. The summed E-state index contributed by atoms with van der Waals surface area (Å²) >= 11 is 8.27. The minimum absolute atomic E-state index is 0.115. The summed E-state index contributed by atoms with van der Waals surface area (Å²) in [7, 11) is 0. The molecular formula is C12H13ClIN3. The first-order valence-corrected chi connectivity index (χ1v) is 6.76. The van der Waals surface area contributed by atoms with Crippen LogP contribution in [0, 0.1) is 3.57 Å². The maximum Gasteiger partial charge on any atom is 0.0693 e. The maximum atomic E-state index is 6.04. The van der Waals surface area contributed by atoms with Crippen molar-refractivity contribution in [3.05, 3.63) is 44.7 Å². The molecule has 90 valence electrons. The fraction of sp³-hybridized carbons (Fsp3) is 0.250. The highest BCUT2D eigenvalue weighted by atomic mass is 127. The molecule has 0 amide bonds. The molecule has 2 rings (SSSR count). The molecule has 1 aromatic carbocycles. The fourth-order valence-electron chi connectivity index (χ4n) is 1.70. The van der Waals surface area contributed by atoms with E-state index in [4.69, 9.17) is 17.3 Å². The van der Waals surface area contributed by atoms with Crippen LogP contribution in [0.15, 0.2) is 30.6 Å². The summed E-state index contributed by atoms with van der Waals surface area (Å²) in [6.07, 6.45) is 4.59. The van der Waals surface area contributed by atoms with Gasteiger partial charge in [-0.25, -0.2) is 4.68 Å². The molecule has 3 nitrogen and oxygen atoms in total. The number of nitrogens with zero attached hydrogens (tertiary/aromatic N) is 2. The van der Waals surface area contributed by atoms with Crippen LogP contribution in [0.5, 0.6) is 0 Å². The average molecular weight is 362 g/mol. The summed E-state index contributed by atoms with van der Waals surface area (Å²) < 4.78 is 2.93. The largest absolute Gasteiger partial charge is 0.328 e. The molecule has 0 spiro atoms. The van der Waals surface area contributed by atoms with Gasteiger partial charge in [0.1, 0.15) is 0 Å². The van der Waals surface area contributed by atoms with Crippen LogP contribution < -0.4 is 5.73 Å². The summed E-state index contributed by atoms with van der Waals surface area (Å²) in [6.45, 7) is 1.99. The molecule has 0 aliphatic heterocycles. The molecule has 0 aliphatic carbocycles. The lowest BCUT2D eigenvalue weighted by Crippen LogP contribution is -2.19. The Labute approximate surface area is 119 Å². The first kappa shape index (κ1) is 12.9. The summed E-state index contributed by atoms with van der Waals surface area (Å²) in [5.41, 5.74) is 8.00. The van der Waals surface area contributed by atoms with Crippen molar-refractivity contribution in [3.8, 4) is 5.69 Å². The van der Waals surface area contributed by atoms with Gasteiger partial charge in [-0.2, -0.15) is 5.10 Å². The third kappa shape index (κ3) is 3.20. The molecule has 0 aliphatic rings. The number of hydrogen-bond acceptors (Lipinski definition) is 2. The van der Waals surface area contributed by atoms with Crippen molar-refractivity contribution in [2.75, 3.05) is 0 Å². The maximum absolute atomic E-state index is 6.04. The van der Waals surface area contributed by atoms with Gasteiger partial charge in [0.25, 0.3) is 0 Å². The van der Waals surface area contributed by atoms with E-state index in [1.54, 1.807) is 0 Å². The third-order valence-corrected chi connectivity index (χ3v) is 3.18. The van der Waals surface area contributed by atoms with Gasteiger partial charge in [-0.15, -0.1) is 0 Å². The molecule has 0 fully saturated rings. The number of aromatic nitrogens is 2. The van der Waals surface area contributed by atoms with Crippen molar-refractivity contribution in [1.29, 1.82) is 0 Å². The van der Waals surface area contributed by atoms with Crippen LogP contribution in [-0.2, 0) is 6.42 Å². The molecule has 0 saturated carbocycles. The lowest BCUT2D eigenvalue weighted by Gasteiger charge is -2.12. The Hall–Kier alpha value is -0.590. The molecule has 1 atom stereocenters. The highest BCUT2D eigenvalue weighted by Crippen LogP contribution is 2.21. The smallest absolute Gasteiger partial charge is 0.0693 e. The van der Waals surface area contributed by atoms with Crippen molar-refractivity contribution in [2.24, 2.45) is 5.73 Å². The van der Waals surface area contributed by atoms with Crippen LogP contribution in [0.4, 0.5) is 0 Å². The molecule has 5 heteroatoms. The highest BCUT2D eigenvalue weighted by molar-refractivity contribution is 14.1. The highest BCUT2D eigenvalue weighted by Gasteiger charge is 2.08. The van der Waals surface area contributed by atoms with Gasteiger partial charge in [0.05, 0.1) is 15.5 Å². The fourth-order valence-corrected chi connectivity index (χ4v) is 2.26. The molecule has 0 bridgehead atoms. The molecule has 0 radical (unpaired) electrons. The minimum Gasteiger partial charge on any atom is -0.328 e. The van der Waals surface area contributed by atoms with Crippen LogP contribution in [0.3, 0.4) is 0 Å². The second-order valence-electron chi connectivity index (χ2n) is 4.06. The molecule has 1 heterocycles. The third-order valence-electron chi connectivity index (χ3n) is 2.39. The summed E-state index contributed by atoms with van der Waals surface area (Å²) in [5.74, 6) is 0. The standard InChI is InChI=1S/C12H13ClIN3/c1-8(15)4-9-2-3-10(13)5-12(9)17-7-11(14)6-16-17/h2-3,5-8H,4,15H2,1H3. The molecular weight excluding hydrogens is 349 g/mol. The Kier molecular flexibility index (Phi) is 4.06. The average Bonchev–Trinajstić information content (AvgIpc) is 2.67. The van der Waals surface area contributed by atoms with Gasteiger partial charge in [-0.1, -0.05) is 17.7 Å². The lowest BCUT2D eigenvalue weighted by atomic mass is 10.1. The van der Waals surface area contributed by atoms with Gasteiger partial charge in [-0.05, 0) is 53.6 Å². The number of benzene rings is 1. The topological polar surface area (TPSA) is 43.8 Å². The Morgan fingerprint density at radius 2 is 2.29 bits per heavy atom. The van der Waals surface area contributed by atoms with E-state index in [-0.39, 0.29) is 6.04 Å². The van der Waals surface area contributed by atoms with Gasteiger partial charge >= 0.3 is 0 Å². The van der Waals surface area contributed by atoms with Crippen molar-refractivity contribution < 1.29 is 0 Å². The first-order valence-electron chi connectivity index (χ1n) is 5.31. The van der Waals surface area contributed by atoms with Crippen LogP contribution in [0.1, 0.15) is 12.5 Å². The Bertz CT molecular complexity index is 522. The van der Waals surface area contributed by atoms with Crippen LogP contribution in [0.25, 0.3) is 5.69 Å². The van der Waals surface area contributed by atoms with E-state index in [1.165, 1.54) is 0 Å². The van der Waals surface area contributed by atoms with E-state index in [1.807, 2.05) is 42.2 Å². The molecule has 1 unspecified atom stereocenters. The lowest BCUT2D eigenvalue weighted by molar-refractivity contribution is 0.727. The number of nitrogens with two attached hydrogens (primary N) is 1. The van der Waals surface area contributed by atoms with E-state index < -0.39 is 0 Å². The monoisotopic (exact) mass is 361 g/mol. The van der Waals surface area contributed by atoms with Crippen molar-refractivity contribution in [2.45, 2.75) is 19.4 Å². The summed E-state index contributed by atoms with van der Waals surface area (Å²) in [4.78, 5) is 0. The molecule has 2 aromatic rings. The van der Waals surface area contributed by atoms with E-state index in [2.05, 4.69) is 27.7 Å². The van der Waals surface area contributed by atoms with Crippen LogP contribution in [-0.4, -0.2) is 15.8 Å². The van der Waals surface area contributed by atoms with Gasteiger partial charge in [0.15, 0.2) is 0 Å². The predicted octanol–water partition coefficient (Wildman–Crippen LogP) is 3.02. The molecule has 1 aromatic heterocycles.